The van der Waals surface area contributed by atoms with Gasteiger partial charge in [-0.05, 0) is 39.8 Å². The Morgan fingerprint density at radius 1 is 1.05 bits per heavy atom. The van der Waals surface area contributed by atoms with Crippen molar-refractivity contribution in [3.63, 3.8) is 0 Å². The fraction of sp³-hybridized carbons (Fsp3) is 0.294. The van der Waals surface area contributed by atoms with Crippen molar-refractivity contribution in [3.8, 4) is 17.2 Å². The number of carbonyl (C=O) groups is 2. The number of rotatable bonds is 4. The largest absolute Gasteiger partial charge is 0.508 e. The number of phenols is 1. The number of ketones is 2. The average molecular weight is 301 g/mol. The molecule has 0 saturated carbocycles. The molecule has 0 spiro atoms. The van der Waals surface area contributed by atoms with Gasteiger partial charge in [0.05, 0.1) is 12.8 Å². The highest BCUT2D eigenvalue weighted by atomic mass is 16.5. The van der Waals surface area contributed by atoms with Crippen LogP contribution in [-0.2, 0) is 0 Å². The molecule has 1 aromatic heterocycles. The number of Topliss-reactive ketones (excluding diaryl/α,β-unsaturated/α-hetero) is 2. The molecule has 0 unspecified atom stereocenters. The second kappa shape index (κ2) is 5.67. The van der Waals surface area contributed by atoms with Crippen LogP contribution in [0.2, 0.25) is 0 Å². The van der Waals surface area contributed by atoms with Crippen LogP contribution in [0.5, 0.6) is 11.5 Å². The molecular weight excluding hydrogens is 282 g/mol. The third kappa shape index (κ3) is 2.39. The Hall–Kier alpha value is -2.56. The maximum absolute atomic E-state index is 12.0. The molecule has 0 aliphatic rings. The Balaban J connectivity index is 2.86. The predicted molar refractivity (Wildman–Crippen MR) is 83.5 cm³/mol. The van der Waals surface area contributed by atoms with Gasteiger partial charge >= 0.3 is 0 Å². The Kier molecular flexibility index (Phi) is 4.08. The van der Waals surface area contributed by atoms with Crippen LogP contribution in [-0.4, -0.2) is 28.3 Å². The average Bonchev–Trinajstić information content (AvgIpc) is 2.70. The molecule has 2 rings (SSSR count). The summed E-state index contributed by atoms with van der Waals surface area (Å²) in [7, 11) is 1.50. The van der Waals surface area contributed by atoms with Crippen molar-refractivity contribution in [2.24, 2.45) is 0 Å². The van der Waals surface area contributed by atoms with Crippen LogP contribution in [0.3, 0.4) is 0 Å². The summed E-state index contributed by atoms with van der Waals surface area (Å²) < 4.78 is 7.12. The monoisotopic (exact) mass is 301 g/mol. The van der Waals surface area contributed by atoms with Gasteiger partial charge in [0.1, 0.15) is 11.5 Å². The van der Waals surface area contributed by atoms with E-state index >= 15 is 0 Å². The van der Waals surface area contributed by atoms with Crippen molar-refractivity contribution in [1.82, 2.24) is 4.57 Å². The number of ether oxygens (including phenoxy) is 1. The molecule has 0 aliphatic heterocycles. The van der Waals surface area contributed by atoms with E-state index in [1.165, 1.54) is 33.1 Å². The Morgan fingerprint density at radius 3 is 1.95 bits per heavy atom. The molecule has 22 heavy (non-hydrogen) atoms. The minimum absolute atomic E-state index is 0.0849. The fourth-order valence-electron chi connectivity index (χ4n) is 2.91. The molecule has 2 aromatic rings. The highest BCUT2D eigenvalue weighted by molar-refractivity contribution is 6.09. The molecule has 116 valence electrons. The second-order valence-corrected chi connectivity index (χ2v) is 5.22. The first-order chi connectivity index (χ1) is 10.3. The highest BCUT2D eigenvalue weighted by Crippen LogP contribution is 2.33. The molecule has 0 atom stereocenters. The predicted octanol–water partition coefficient (Wildman–Crippen LogP) is 3.21. The van der Waals surface area contributed by atoms with Crippen LogP contribution >= 0.6 is 0 Å². The van der Waals surface area contributed by atoms with E-state index in [-0.39, 0.29) is 17.3 Å². The number of phenolic OH excluding ortho intramolecular Hbond substituents is 1. The van der Waals surface area contributed by atoms with Gasteiger partial charge in [0, 0.05) is 28.6 Å². The number of nitrogens with zero attached hydrogens (tertiary/aromatic N) is 1. The zero-order valence-electron chi connectivity index (χ0n) is 13.4. The standard InChI is InChI=1S/C17H19NO4/c1-9-16(11(3)19)17(12(4)20)10(2)18(9)14-7-6-13(21)8-15(14)22-5/h6-8,21H,1-5H3. The third-order valence-corrected chi connectivity index (χ3v) is 3.75. The maximum atomic E-state index is 12.0. The zero-order valence-corrected chi connectivity index (χ0v) is 13.4. The molecular formula is C17H19NO4. The smallest absolute Gasteiger partial charge is 0.162 e. The minimum Gasteiger partial charge on any atom is -0.508 e. The fourth-order valence-corrected chi connectivity index (χ4v) is 2.91. The number of aromatic hydroxyl groups is 1. The lowest BCUT2D eigenvalue weighted by atomic mass is 10.0. The van der Waals surface area contributed by atoms with E-state index in [1.54, 1.807) is 19.9 Å². The first-order valence-electron chi connectivity index (χ1n) is 6.90. The molecule has 5 nitrogen and oxygen atoms in total. The van der Waals surface area contributed by atoms with Crippen LogP contribution in [0.1, 0.15) is 46.0 Å². The first-order valence-corrected chi connectivity index (χ1v) is 6.90. The summed E-state index contributed by atoms with van der Waals surface area (Å²) in [5.74, 6) is 0.248. The van der Waals surface area contributed by atoms with E-state index in [0.29, 0.717) is 34.0 Å². The van der Waals surface area contributed by atoms with Gasteiger partial charge in [0.25, 0.3) is 0 Å². The van der Waals surface area contributed by atoms with Gasteiger partial charge in [-0.2, -0.15) is 0 Å². The van der Waals surface area contributed by atoms with E-state index in [9.17, 15) is 14.7 Å². The van der Waals surface area contributed by atoms with Crippen molar-refractivity contribution in [1.29, 1.82) is 0 Å². The van der Waals surface area contributed by atoms with Crippen molar-refractivity contribution in [2.45, 2.75) is 27.7 Å². The normalized spacial score (nSPS) is 10.6. The number of benzene rings is 1. The summed E-state index contributed by atoms with van der Waals surface area (Å²) >= 11 is 0. The van der Waals surface area contributed by atoms with Crippen molar-refractivity contribution in [2.75, 3.05) is 7.11 Å². The highest BCUT2D eigenvalue weighted by Gasteiger charge is 2.25. The summed E-state index contributed by atoms with van der Waals surface area (Å²) in [4.78, 5) is 23.9. The number of aromatic nitrogens is 1. The molecule has 1 aromatic carbocycles. The van der Waals surface area contributed by atoms with Gasteiger partial charge in [-0.25, -0.2) is 0 Å². The van der Waals surface area contributed by atoms with Gasteiger partial charge in [0.15, 0.2) is 11.6 Å². The number of hydrogen-bond donors (Lipinski definition) is 1. The van der Waals surface area contributed by atoms with E-state index in [1.807, 2.05) is 4.57 Å². The molecule has 0 aliphatic carbocycles. The van der Waals surface area contributed by atoms with Crippen molar-refractivity contribution in [3.05, 3.63) is 40.7 Å². The summed E-state index contributed by atoms with van der Waals surface area (Å²) in [6, 6.07) is 4.73. The van der Waals surface area contributed by atoms with Crippen LogP contribution in [0, 0.1) is 13.8 Å². The summed E-state index contributed by atoms with van der Waals surface area (Å²) in [5.41, 5.74) is 2.89. The maximum Gasteiger partial charge on any atom is 0.162 e. The van der Waals surface area contributed by atoms with Crippen LogP contribution < -0.4 is 4.74 Å². The van der Waals surface area contributed by atoms with Gasteiger partial charge in [-0.1, -0.05) is 0 Å². The lowest BCUT2D eigenvalue weighted by Crippen LogP contribution is -2.03. The molecule has 0 radical (unpaired) electrons. The molecule has 5 heteroatoms. The molecule has 0 bridgehead atoms. The molecule has 0 amide bonds. The zero-order chi connectivity index (χ0) is 16.6. The Labute approximate surface area is 129 Å². The molecule has 1 heterocycles. The van der Waals surface area contributed by atoms with Gasteiger partial charge in [-0.15, -0.1) is 0 Å². The Morgan fingerprint density at radius 2 is 1.55 bits per heavy atom. The topological polar surface area (TPSA) is 68.5 Å². The van der Waals surface area contributed by atoms with E-state index < -0.39 is 0 Å². The number of hydrogen-bond acceptors (Lipinski definition) is 4. The summed E-state index contributed by atoms with van der Waals surface area (Å²) in [6.07, 6.45) is 0. The van der Waals surface area contributed by atoms with E-state index in [4.69, 9.17) is 4.74 Å². The quantitative estimate of drug-likeness (QED) is 0.880. The summed E-state index contributed by atoms with van der Waals surface area (Å²) in [5, 5.41) is 9.59. The number of methoxy groups -OCH3 is 1. The summed E-state index contributed by atoms with van der Waals surface area (Å²) in [6.45, 7) is 6.49. The molecule has 1 N–H and O–H groups in total. The van der Waals surface area contributed by atoms with E-state index in [0.717, 1.165) is 0 Å². The van der Waals surface area contributed by atoms with Crippen LogP contribution in [0.25, 0.3) is 5.69 Å². The molecule has 0 fully saturated rings. The van der Waals surface area contributed by atoms with E-state index in [2.05, 4.69) is 0 Å². The third-order valence-electron chi connectivity index (χ3n) is 3.75. The first kappa shape index (κ1) is 15.8. The van der Waals surface area contributed by atoms with Gasteiger partial charge in [0.2, 0.25) is 0 Å². The lowest BCUT2D eigenvalue weighted by molar-refractivity contribution is 0.0981. The minimum atomic E-state index is -0.151. The van der Waals surface area contributed by atoms with Crippen LogP contribution in [0.15, 0.2) is 18.2 Å². The van der Waals surface area contributed by atoms with Gasteiger partial charge in [-0.3, -0.25) is 9.59 Å². The SMILES string of the molecule is COc1cc(O)ccc1-n1c(C)c(C(C)=O)c(C(C)=O)c1C. The Bertz CT molecular complexity index is 734. The van der Waals surface area contributed by atoms with Crippen molar-refractivity contribution >= 4 is 11.6 Å². The van der Waals surface area contributed by atoms with Crippen LogP contribution in [0.4, 0.5) is 0 Å². The lowest BCUT2D eigenvalue weighted by Gasteiger charge is -2.14. The van der Waals surface area contributed by atoms with Crippen molar-refractivity contribution < 1.29 is 19.4 Å². The number of carbonyl (C=O) groups excluding carboxylic acids is 2. The second-order valence-electron chi connectivity index (χ2n) is 5.22. The van der Waals surface area contributed by atoms with Gasteiger partial charge < -0.3 is 14.4 Å². The molecule has 0 saturated heterocycles.